The molecule has 0 saturated heterocycles. The Hall–Kier alpha value is -2.64. The molecule has 0 radical (unpaired) electrons. The molecule has 3 rings (SSSR count). The van der Waals surface area contributed by atoms with Crippen LogP contribution >= 0.6 is 11.3 Å². The molecule has 0 bridgehead atoms. The molecule has 0 amide bonds. The number of hydrogen-bond acceptors (Lipinski definition) is 5. The van der Waals surface area contributed by atoms with Crippen LogP contribution in [0.4, 0.5) is 0 Å². The third-order valence-corrected chi connectivity index (χ3v) is 7.10. The molecule has 158 valence electrons. The molecule has 3 aromatic rings. The van der Waals surface area contributed by atoms with Crippen LogP contribution in [0.1, 0.15) is 37.5 Å². The monoisotopic (exact) mass is 443 g/mol. The summed E-state index contributed by atoms with van der Waals surface area (Å²) >= 11 is 1.14. The van der Waals surface area contributed by atoms with Crippen molar-refractivity contribution in [1.29, 1.82) is 0 Å². The molecule has 0 aliphatic carbocycles. The zero-order valence-electron chi connectivity index (χ0n) is 17.5. The Labute approximate surface area is 182 Å². The lowest BCUT2D eigenvalue weighted by Crippen LogP contribution is -2.10. The van der Waals surface area contributed by atoms with Crippen LogP contribution in [0.3, 0.4) is 0 Å². The highest BCUT2D eigenvalue weighted by molar-refractivity contribution is 7.92. The first-order valence-corrected chi connectivity index (χ1v) is 11.7. The smallest absolute Gasteiger partial charge is 0.291 e. The third kappa shape index (κ3) is 5.49. The van der Waals surface area contributed by atoms with Gasteiger partial charge in [-0.2, -0.15) is 12.8 Å². The van der Waals surface area contributed by atoms with Gasteiger partial charge in [0.15, 0.2) is 11.5 Å². The Balaban J connectivity index is 1.71. The molecule has 0 spiro atoms. The average Bonchev–Trinajstić information content (AvgIpc) is 3.26. The summed E-state index contributed by atoms with van der Waals surface area (Å²) in [7, 11) is -2.14. The van der Waals surface area contributed by atoms with Crippen molar-refractivity contribution >= 4 is 27.6 Å². The van der Waals surface area contributed by atoms with Crippen LogP contribution in [0.5, 0.6) is 11.5 Å². The molecule has 2 aromatic carbocycles. The number of benzene rings is 2. The minimum absolute atomic E-state index is 0.108. The van der Waals surface area contributed by atoms with E-state index in [2.05, 4.69) is 49.4 Å². The van der Waals surface area contributed by atoms with Crippen LogP contribution in [0.2, 0.25) is 0 Å². The summed E-state index contributed by atoms with van der Waals surface area (Å²) in [5.74, 6) is 1.09. The molecule has 7 heteroatoms. The average molecular weight is 444 g/mol. The molecule has 0 aliphatic rings. The van der Waals surface area contributed by atoms with E-state index in [0.717, 1.165) is 16.9 Å². The molecule has 30 heavy (non-hydrogen) atoms. The maximum atomic E-state index is 12.2. The van der Waals surface area contributed by atoms with Crippen molar-refractivity contribution in [2.24, 2.45) is 4.40 Å². The van der Waals surface area contributed by atoms with Crippen LogP contribution in [0, 0.1) is 0 Å². The SMILES string of the molecule is COc1cc(/C=N\S(=O)(=O)c2cccs2)ccc1OCc1ccc(C(C)(C)C)cc1. The molecule has 0 N–H and O–H groups in total. The van der Waals surface area contributed by atoms with Gasteiger partial charge in [0.2, 0.25) is 0 Å². The van der Waals surface area contributed by atoms with Gasteiger partial charge in [-0.25, -0.2) is 0 Å². The number of nitrogens with zero attached hydrogens (tertiary/aromatic N) is 1. The standard InChI is InChI=1S/C23H25NO4S2/c1-23(2,3)19-10-7-17(8-11-19)16-28-20-12-9-18(14-21(20)27-4)15-24-30(25,26)22-6-5-13-29-22/h5-15H,16H2,1-4H3/b24-15-. The summed E-state index contributed by atoms with van der Waals surface area (Å²) in [4.78, 5) is 0. The van der Waals surface area contributed by atoms with E-state index in [1.54, 1.807) is 36.8 Å². The predicted octanol–water partition coefficient (Wildman–Crippen LogP) is 5.44. The first-order chi connectivity index (χ1) is 14.2. The summed E-state index contributed by atoms with van der Waals surface area (Å²) in [6.07, 6.45) is 1.31. The minimum Gasteiger partial charge on any atom is -0.493 e. The van der Waals surface area contributed by atoms with Gasteiger partial charge in [0.25, 0.3) is 10.0 Å². The lowest BCUT2D eigenvalue weighted by molar-refractivity contribution is 0.284. The fraction of sp³-hybridized carbons (Fsp3) is 0.261. The fourth-order valence-corrected chi connectivity index (χ4v) is 4.58. The van der Waals surface area contributed by atoms with E-state index in [4.69, 9.17) is 9.47 Å². The third-order valence-electron chi connectivity index (χ3n) is 4.49. The highest BCUT2D eigenvalue weighted by atomic mass is 32.2. The highest BCUT2D eigenvalue weighted by Crippen LogP contribution is 2.29. The number of sulfonamides is 1. The van der Waals surface area contributed by atoms with Gasteiger partial charge in [-0.05, 0) is 51.8 Å². The van der Waals surface area contributed by atoms with Gasteiger partial charge in [0.1, 0.15) is 10.8 Å². The summed E-state index contributed by atoms with van der Waals surface area (Å²) < 4.78 is 39.7. The first kappa shape index (κ1) is 22.1. The molecular weight excluding hydrogens is 418 g/mol. The van der Waals surface area contributed by atoms with Crippen molar-refractivity contribution in [2.45, 2.75) is 37.0 Å². The Kier molecular flexibility index (Phi) is 6.63. The lowest BCUT2D eigenvalue weighted by Gasteiger charge is -2.19. The second kappa shape index (κ2) is 9.02. The number of rotatable bonds is 7. The zero-order chi connectivity index (χ0) is 21.8. The Morgan fingerprint density at radius 1 is 1.03 bits per heavy atom. The van der Waals surface area contributed by atoms with Crippen LogP contribution in [0.25, 0.3) is 0 Å². The van der Waals surface area contributed by atoms with Crippen molar-refractivity contribution in [3.63, 3.8) is 0 Å². The number of hydrogen-bond donors (Lipinski definition) is 0. The Morgan fingerprint density at radius 2 is 1.77 bits per heavy atom. The second-order valence-electron chi connectivity index (χ2n) is 7.79. The summed E-state index contributed by atoms with van der Waals surface area (Å²) in [6.45, 7) is 6.95. The van der Waals surface area contributed by atoms with Crippen LogP contribution in [-0.2, 0) is 22.0 Å². The predicted molar refractivity (Wildman–Crippen MR) is 122 cm³/mol. The van der Waals surface area contributed by atoms with Gasteiger partial charge in [0, 0.05) is 6.21 Å². The molecule has 5 nitrogen and oxygen atoms in total. The van der Waals surface area contributed by atoms with E-state index in [-0.39, 0.29) is 9.62 Å². The zero-order valence-corrected chi connectivity index (χ0v) is 19.1. The van der Waals surface area contributed by atoms with E-state index in [1.165, 1.54) is 17.8 Å². The molecule has 0 saturated carbocycles. The molecule has 0 aliphatic heterocycles. The van der Waals surface area contributed by atoms with E-state index in [1.807, 2.05) is 0 Å². The van der Waals surface area contributed by atoms with Gasteiger partial charge in [-0.3, -0.25) is 0 Å². The topological polar surface area (TPSA) is 65.0 Å². The van der Waals surface area contributed by atoms with Gasteiger partial charge >= 0.3 is 0 Å². The van der Waals surface area contributed by atoms with Crippen LogP contribution in [-0.4, -0.2) is 21.7 Å². The van der Waals surface area contributed by atoms with Gasteiger partial charge in [-0.1, -0.05) is 51.1 Å². The van der Waals surface area contributed by atoms with Crippen LogP contribution < -0.4 is 9.47 Å². The quantitative estimate of drug-likeness (QED) is 0.456. The minimum atomic E-state index is -3.69. The maximum Gasteiger partial charge on any atom is 0.291 e. The van der Waals surface area contributed by atoms with E-state index in [9.17, 15) is 8.42 Å². The van der Waals surface area contributed by atoms with E-state index in [0.29, 0.717) is 23.7 Å². The summed E-state index contributed by atoms with van der Waals surface area (Å²) in [6, 6.07) is 16.8. The first-order valence-electron chi connectivity index (χ1n) is 9.43. The van der Waals surface area contributed by atoms with Crippen molar-refractivity contribution < 1.29 is 17.9 Å². The second-order valence-corrected chi connectivity index (χ2v) is 10.6. The maximum absolute atomic E-state index is 12.2. The molecular formula is C23H25NO4S2. The molecule has 0 unspecified atom stereocenters. The number of ether oxygens (including phenoxy) is 2. The fourth-order valence-electron chi connectivity index (χ4n) is 2.74. The van der Waals surface area contributed by atoms with E-state index >= 15 is 0 Å². The highest BCUT2D eigenvalue weighted by Gasteiger charge is 2.14. The van der Waals surface area contributed by atoms with Crippen molar-refractivity contribution in [3.05, 3.63) is 76.7 Å². The molecule has 0 atom stereocenters. The largest absolute Gasteiger partial charge is 0.493 e. The van der Waals surface area contributed by atoms with Crippen molar-refractivity contribution in [1.82, 2.24) is 0 Å². The van der Waals surface area contributed by atoms with Gasteiger partial charge in [0.05, 0.1) is 7.11 Å². The normalized spacial score (nSPS) is 12.3. The van der Waals surface area contributed by atoms with Gasteiger partial charge < -0.3 is 9.47 Å². The lowest BCUT2D eigenvalue weighted by atomic mass is 9.87. The Morgan fingerprint density at radius 3 is 2.37 bits per heavy atom. The number of thiophene rings is 1. The molecule has 0 fully saturated rings. The van der Waals surface area contributed by atoms with Crippen LogP contribution in [0.15, 0.2) is 68.6 Å². The molecule has 1 heterocycles. The Bertz CT molecular complexity index is 1110. The summed E-state index contributed by atoms with van der Waals surface area (Å²) in [5, 5.41) is 1.70. The van der Waals surface area contributed by atoms with Gasteiger partial charge in [-0.15, -0.1) is 11.3 Å². The summed E-state index contributed by atoms with van der Waals surface area (Å²) in [5.41, 5.74) is 3.04. The van der Waals surface area contributed by atoms with E-state index < -0.39 is 10.0 Å². The van der Waals surface area contributed by atoms with Crippen molar-refractivity contribution in [2.75, 3.05) is 7.11 Å². The number of methoxy groups -OCH3 is 1. The van der Waals surface area contributed by atoms with Crippen molar-refractivity contribution in [3.8, 4) is 11.5 Å². The molecule has 1 aromatic heterocycles.